The van der Waals surface area contributed by atoms with Gasteiger partial charge >= 0.3 is 0 Å². The highest BCUT2D eigenvalue weighted by Gasteiger charge is 2.27. The Hall–Kier alpha value is -2.63. The van der Waals surface area contributed by atoms with E-state index in [-0.39, 0.29) is 6.04 Å². The van der Waals surface area contributed by atoms with Crippen LogP contribution in [0.25, 0.3) is 16.8 Å². The number of nitrogens with zero attached hydrogens (tertiary/aromatic N) is 4. The van der Waals surface area contributed by atoms with E-state index in [0.29, 0.717) is 0 Å². The minimum absolute atomic E-state index is 0.174. The molecule has 6 rings (SSSR count). The zero-order valence-electron chi connectivity index (χ0n) is 20.5. The van der Waals surface area contributed by atoms with Crippen molar-refractivity contribution in [1.29, 1.82) is 0 Å². The highest BCUT2D eigenvalue weighted by atomic mass is 35.5. The number of fused-ring (bicyclic) bond motifs is 3. The van der Waals surface area contributed by atoms with Gasteiger partial charge in [0.25, 0.3) is 0 Å². The Bertz CT molecular complexity index is 1240. The second-order valence-electron chi connectivity index (χ2n) is 10.3. The summed E-state index contributed by atoms with van der Waals surface area (Å²) in [5.41, 5.74) is 8.56. The number of halogens is 1. The molecule has 1 fully saturated rings. The minimum Gasteiger partial charge on any atom is -0.378 e. The van der Waals surface area contributed by atoms with Gasteiger partial charge in [-0.15, -0.1) is 5.10 Å². The first-order valence-electron chi connectivity index (χ1n) is 13.2. The Morgan fingerprint density at radius 3 is 2.69 bits per heavy atom. The smallest absolute Gasteiger partial charge is 0.0918 e. The zero-order valence-corrected chi connectivity index (χ0v) is 21.3. The molecule has 0 saturated heterocycles. The second kappa shape index (κ2) is 9.79. The van der Waals surface area contributed by atoms with Crippen molar-refractivity contribution in [3.8, 4) is 11.3 Å². The third kappa shape index (κ3) is 4.64. The van der Waals surface area contributed by atoms with E-state index >= 15 is 0 Å². The van der Waals surface area contributed by atoms with E-state index in [2.05, 4.69) is 62.5 Å². The van der Waals surface area contributed by atoms with Gasteiger partial charge in [0.05, 0.1) is 17.4 Å². The van der Waals surface area contributed by atoms with Gasteiger partial charge in [-0.2, -0.15) is 0 Å². The average molecular weight is 488 g/mol. The van der Waals surface area contributed by atoms with Crippen molar-refractivity contribution >= 4 is 22.9 Å². The molecule has 1 aliphatic carbocycles. The summed E-state index contributed by atoms with van der Waals surface area (Å²) in [4.78, 5) is 2.71. The van der Waals surface area contributed by atoms with Crippen LogP contribution in [0.15, 0.2) is 48.5 Å². The van der Waals surface area contributed by atoms with Gasteiger partial charge in [0.1, 0.15) is 0 Å². The molecule has 3 heterocycles. The summed E-state index contributed by atoms with van der Waals surface area (Å²) in [6.07, 6.45) is 11.5. The van der Waals surface area contributed by atoms with Crippen molar-refractivity contribution in [3.05, 3.63) is 70.4 Å². The van der Waals surface area contributed by atoms with Gasteiger partial charge < -0.3 is 5.32 Å². The highest BCUT2D eigenvalue weighted by molar-refractivity contribution is 6.30. The first-order chi connectivity index (χ1) is 17.2. The molecular weight excluding hydrogens is 454 g/mol. The first-order valence-corrected chi connectivity index (χ1v) is 13.5. The van der Waals surface area contributed by atoms with Crippen LogP contribution in [0.2, 0.25) is 5.02 Å². The summed E-state index contributed by atoms with van der Waals surface area (Å²) in [6, 6.07) is 16.0. The van der Waals surface area contributed by atoms with Crippen molar-refractivity contribution < 1.29 is 0 Å². The van der Waals surface area contributed by atoms with E-state index < -0.39 is 0 Å². The predicted molar refractivity (Wildman–Crippen MR) is 144 cm³/mol. The maximum atomic E-state index is 6.29. The van der Waals surface area contributed by atoms with Crippen LogP contribution in [0.3, 0.4) is 0 Å². The van der Waals surface area contributed by atoms with Crippen molar-refractivity contribution in [2.24, 2.45) is 0 Å². The molecule has 5 nitrogen and oxygen atoms in total. The topological polar surface area (TPSA) is 46.0 Å². The molecule has 1 aromatic heterocycles. The summed E-state index contributed by atoms with van der Waals surface area (Å²) in [5, 5.41) is 13.3. The molecule has 2 aromatic carbocycles. The van der Waals surface area contributed by atoms with Gasteiger partial charge in [-0.3, -0.25) is 4.90 Å². The van der Waals surface area contributed by atoms with E-state index in [9.17, 15) is 0 Å². The predicted octanol–water partition coefficient (Wildman–Crippen LogP) is 6.89. The van der Waals surface area contributed by atoms with Gasteiger partial charge in [0, 0.05) is 41.9 Å². The maximum Gasteiger partial charge on any atom is 0.0918 e. The van der Waals surface area contributed by atoms with Crippen LogP contribution in [0.1, 0.15) is 67.8 Å². The van der Waals surface area contributed by atoms with E-state index in [1.807, 2.05) is 18.2 Å². The van der Waals surface area contributed by atoms with Crippen molar-refractivity contribution in [2.45, 2.75) is 70.5 Å². The van der Waals surface area contributed by atoms with Crippen LogP contribution >= 0.6 is 11.6 Å². The summed E-state index contributed by atoms with van der Waals surface area (Å²) >= 11 is 6.29. The Morgan fingerprint density at radius 2 is 1.89 bits per heavy atom. The van der Waals surface area contributed by atoms with Gasteiger partial charge in [0.2, 0.25) is 0 Å². The summed E-state index contributed by atoms with van der Waals surface area (Å²) in [6.45, 7) is 5.15. The van der Waals surface area contributed by atoms with E-state index in [0.717, 1.165) is 54.1 Å². The number of anilines is 1. The van der Waals surface area contributed by atoms with Crippen LogP contribution in [0.5, 0.6) is 0 Å². The van der Waals surface area contributed by atoms with Gasteiger partial charge in [-0.25, -0.2) is 4.68 Å². The molecule has 2 aliphatic heterocycles. The second-order valence-corrected chi connectivity index (χ2v) is 10.7. The number of hydrogen-bond acceptors (Lipinski definition) is 4. The number of benzene rings is 2. The normalized spacial score (nSPS) is 21.1. The molecule has 1 atom stereocenters. The van der Waals surface area contributed by atoms with Gasteiger partial charge in [-0.05, 0) is 73.6 Å². The summed E-state index contributed by atoms with van der Waals surface area (Å²) in [5.74, 6) is 0. The van der Waals surface area contributed by atoms with Crippen LogP contribution in [-0.4, -0.2) is 39.0 Å². The number of aryl methyl sites for hydroxylation is 2. The third-order valence-electron chi connectivity index (χ3n) is 8.08. The summed E-state index contributed by atoms with van der Waals surface area (Å²) < 4.78 is 2.06. The standard InChI is InChI=1S/C29H34ClN5/c1-20-29-26-11-10-22(21-12-15-34(16-13-21)25-8-3-2-4-9-25)18-27(26)28(14-17-35(29)33-32-20)31-24-7-5-6-23(30)19-24/h5-7,10-12,18-19,25,28,31H,2-4,8-9,13-17H2,1H3. The Morgan fingerprint density at radius 1 is 1.00 bits per heavy atom. The molecule has 0 amide bonds. The van der Waals surface area contributed by atoms with E-state index in [1.54, 1.807) is 0 Å². The van der Waals surface area contributed by atoms with Gasteiger partial charge in [0.15, 0.2) is 0 Å². The van der Waals surface area contributed by atoms with Crippen LogP contribution in [0.4, 0.5) is 5.69 Å². The molecular formula is C29H34ClN5. The number of hydrogen-bond donors (Lipinski definition) is 1. The van der Waals surface area contributed by atoms with E-state index in [4.69, 9.17) is 11.6 Å². The monoisotopic (exact) mass is 487 g/mol. The molecule has 1 N–H and O–H groups in total. The fourth-order valence-electron chi connectivity index (χ4n) is 6.22. The molecule has 35 heavy (non-hydrogen) atoms. The highest BCUT2D eigenvalue weighted by Crippen LogP contribution is 2.39. The molecule has 182 valence electrons. The Kier molecular flexibility index (Phi) is 6.38. The third-order valence-corrected chi connectivity index (χ3v) is 8.32. The molecule has 3 aliphatic rings. The first kappa shape index (κ1) is 22.8. The SMILES string of the molecule is Cc1nnn2c1-c1ccc(C3=CCN(C4CCCCC4)CC3)cc1C(Nc1cccc(Cl)c1)CC2. The van der Waals surface area contributed by atoms with E-state index in [1.165, 1.54) is 60.9 Å². The van der Waals surface area contributed by atoms with Gasteiger partial charge in [-0.1, -0.05) is 60.4 Å². The Balaban J connectivity index is 1.33. The summed E-state index contributed by atoms with van der Waals surface area (Å²) in [7, 11) is 0. The largest absolute Gasteiger partial charge is 0.378 e. The lowest BCUT2D eigenvalue weighted by Gasteiger charge is -2.36. The zero-order chi connectivity index (χ0) is 23.8. The minimum atomic E-state index is 0.174. The van der Waals surface area contributed by atoms with Crippen LogP contribution < -0.4 is 5.32 Å². The van der Waals surface area contributed by atoms with Crippen LogP contribution in [0, 0.1) is 6.92 Å². The lowest BCUT2D eigenvalue weighted by Crippen LogP contribution is -2.39. The lowest BCUT2D eigenvalue weighted by atomic mass is 9.89. The molecule has 3 aromatic rings. The lowest BCUT2D eigenvalue weighted by molar-refractivity contribution is 0.171. The van der Waals surface area contributed by atoms with Crippen molar-refractivity contribution in [1.82, 2.24) is 19.9 Å². The number of aromatic nitrogens is 3. The molecule has 1 saturated carbocycles. The maximum absolute atomic E-state index is 6.29. The van der Waals surface area contributed by atoms with Crippen LogP contribution in [-0.2, 0) is 6.54 Å². The number of nitrogens with one attached hydrogen (secondary N) is 1. The molecule has 6 heteroatoms. The molecule has 0 radical (unpaired) electrons. The fourth-order valence-corrected chi connectivity index (χ4v) is 6.41. The van der Waals surface area contributed by atoms with Crippen molar-refractivity contribution in [2.75, 3.05) is 18.4 Å². The number of rotatable bonds is 4. The average Bonchev–Trinajstić information content (AvgIpc) is 3.19. The van der Waals surface area contributed by atoms with Crippen molar-refractivity contribution in [3.63, 3.8) is 0 Å². The quantitative estimate of drug-likeness (QED) is 0.435. The Labute approximate surface area is 213 Å². The molecule has 1 unspecified atom stereocenters. The fraction of sp³-hybridized carbons (Fsp3) is 0.448. The molecule has 0 spiro atoms. The molecule has 0 bridgehead atoms.